The number of hydrogen-bond donors (Lipinski definition) is 1. The number of carbonyl (C=O) groups excluding carboxylic acids is 1. The van der Waals surface area contributed by atoms with Gasteiger partial charge in [0.2, 0.25) is 0 Å². The molecule has 1 rings (SSSR count). The largest absolute Gasteiger partial charge is 0.550 e. The van der Waals surface area contributed by atoms with Crippen LogP contribution in [0.1, 0.15) is 12.8 Å². The normalized spacial score (nSPS) is 33.7. The van der Waals surface area contributed by atoms with E-state index in [-0.39, 0.29) is 5.92 Å². The highest BCUT2D eigenvalue weighted by atomic mass is 16.4. The summed E-state index contributed by atoms with van der Waals surface area (Å²) in [6.07, 6.45) is 1.82. The SMILES string of the molecule is C[NH+]1CCC[C@H](C(=O)[O-])C1. The van der Waals surface area contributed by atoms with Gasteiger partial charge in [-0.15, -0.1) is 0 Å². The smallest absolute Gasteiger partial charge is 0.0850 e. The van der Waals surface area contributed by atoms with Gasteiger partial charge in [0, 0.05) is 5.92 Å². The van der Waals surface area contributed by atoms with Crippen LogP contribution in [0.2, 0.25) is 0 Å². The molecule has 0 saturated carbocycles. The first-order chi connectivity index (χ1) is 4.70. The summed E-state index contributed by atoms with van der Waals surface area (Å²) in [4.78, 5) is 11.7. The Kier molecular flexibility index (Phi) is 2.27. The molecule has 1 aliphatic rings. The van der Waals surface area contributed by atoms with Crippen molar-refractivity contribution in [2.45, 2.75) is 12.8 Å². The Morgan fingerprint density at radius 1 is 1.70 bits per heavy atom. The van der Waals surface area contributed by atoms with Crippen molar-refractivity contribution in [3.8, 4) is 0 Å². The minimum Gasteiger partial charge on any atom is -0.550 e. The molecular weight excluding hydrogens is 130 g/mol. The number of rotatable bonds is 1. The lowest BCUT2D eigenvalue weighted by Crippen LogP contribution is -3.11. The van der Waals surface area contributed by atoms with Crippen molar-refractivity contribution in [2.75, 3.05) is 20.1 Å². The summed E-state index contributed by atoms with van der Waals surface area (Å²) in [5, 5.41) is 10.4. The van der Waals surface area contributed by atoms with E-state index in [9.17, 15) is 9.90 Å². The Hall–Kier alpha value is -0.570. The number of carboxylic acids is 1. The van der Waals surface area contributed by atoms with Crippen molar-refractivity contribution < 1.29 is 14.8 Å². The fourth-order valence-electron chi connectivity index (χ4n) is 1.48. The Labute approximate surface area is 60.6 Å². The van der Waals surface area contributed by atoms with Gasteiger partial charge in [0.05, 0.1) is 26.1 Å². The maximum absolute atomic E-state index is 10.4. The molecule has 58 valence electrons. The molecule has 2 atom stereocenters. The van der Waals surface area contributed by atoms with Crippen LogP contribution in [0.15, 0.2) is 0 Å². The second kappa shape index (κ2) is 3.01. The Balaban J connectivity index is 2.39. The molecule has 0 aromatic heterocycles. The van der Waals surface area contributed by atoms with Gasteiger partial charge in [-0.05, 0) is 12.8 Å². The Morgan fingerprint density at radius 3 is 2.80 bits per heavy atom. The van der Waals surface area contributed by atoms with Crippen molar-refractivity contribution in [2.24, 2.45) is 5.92 Å². The molecule has 1 N–H and O–H groups in total. The molecule has 10 heavy (non-hydrogen) atoms. The highest BCUT2D eigenvalue weighted by molar-refractivity contribution is 5.67. The third-order valence-electron chi connectivity index (χ3n) is 2.08. The van der Waals surface area contributed by atoms with Crippen LogP contribution < -0.4 is 10.0 Å². The summed E-state index contributed by atoms with van der Waals surface area (Å²) in [7, 11) is 2.02. The number of likely N-dealkylation sites (tertiary alicyclic amines) is 1. The van der Waals surface area contributed by atoms with Crippen molar-refractivity contribution in [3.05, 3.63) is 0 Å². The maximum Gasteiger partial charge on any atom is 0.0850 e. The quantitative estimate of drug-likeness (QED) is 0.447. The van der Waals surface area contributed by atoms with Crippen LogP contribution in [-0.4, -0.2) is 26.1 Å². The Bertz CT molecular complexity index is 136. The molecule has 1 saturated heterocycles. The number of piperidine rings is 1. The first-order valence-electron chi connectivity index (χ1n) is 3.72. The maximum atomic E-state index is 10.4. The molecule has 3 heteroatoms. The van der Waals surface area contributed by atoms with E-state index in [0.717, 1.165) is 25.9 Å². The predicted molar refractivity (Wildman–Crippen MR) is 34.4 cm³/mol. The minimum absolute atomic E-state index is 0.200. The molecule has 1 unspecified atom stereocenters. The molecule has 1 aliphatic heterocycles. The molecular formula is C7H13NO2. The van der Waals surface area contributed by atoms with Gasteiger partial charge in [0.15, 0.2) is 0 Å². The molecule has 0 aromatic rings. The van der Waals surface area contributed by atoms with Crippen LogP contribution >= 0.6 is 0 Å². The number of carboxylic acid groups (broad SMARTS) is 1. The van der Waals surface area contributed by atoms with E-state index in [1.54, 1.807) is 0 Å². The summed E-state index contributed by atoms with van der Waals surface area (Å²) in [5.41, 5.74) is 0. The molecule has 0 amide bonds. The van der Waals surface area contributed by atoms with E-state index in [1.165, 1.54) is 4.90 Å². The van der Waals surface area contributed by atoms with Gasteiger partial charge in [-0.1, -0.05) is 0 Å². The van der Waals surface area contributed by atoms with Gasteiger partial charge in [-0.2, -0.15) is 0 Å². The van der Waals surface area contributed by atoms with Crippen molar-refractivity contribution in [1.82, 2.24) is 0 Å². The standard InChI is InChI=1S/C7H13NO2/c1-8-4-2-3-6(5-8)7(9)10/h6H,2-5H2,1H3,(H,9,10)/t6-/m0/s1. The van der Waals surface area contributed by atoms with Gasteiger partial charge >= 0.3 is 0 Å². The third-order valence-corrected chi connectivity index (χ3v) is 2.08. The molecule has 1 heterocycles. The number of carbonyl (C=O) groups is 1. The number of nitrogens with one attached hydrogen (secondary N) is 1. The average molecular weight is 143 g/mol. The number of hydrogen-bond acceptors (Lipinski definition) is 2. The van der Waals surface area contributed by atoms with Gasteiger partial charge in [-0.25, -0.2) is 0 Å². The molecule has 0 aromatic carbocycles. The fraction of sp³-hybridized carbons (Fsp3) is 0.857. The summed E-state index contributed by atoms with van der Waals surface area (Å²) in [6.45, 7) is 1.84. The fourth-order valence-corrected chi connectivity index (χ4v) is 1.48. The number of aliphatic carboxylic acids is 1. The lowest BCUT2D eigenvalue weighted by atomic mass is 9.99. The number of quaternary nitrogens is 1. The zero-order valence-electron chi connectivity index (χ0n) is 6.22. The van der Waals surface area contributed by atoms with Gasteiger partial charge in [0.1, 0.15) is 0 Å². The second-order valence-corrected chi connectivity index (χ2v) is 3.07. The van der Waals surface area contributed by atoms with E-state index in [2.05, 4.69) is 0 Å². The Morgan fingerprint density at radius 2 is 2.40 bits per heavy atom. The molecule has 3 nitrogen and oxygen atoms in total. The van der Waals surface area contributed by atoms with Gasteiger partial charge < -0.3 is 14.8 Å². The third kappa shape index (κ3) is 1.70. The topological polar surface area (TPSA) is 44.6 Å². The van der Waals surface area contributed by atoms with E-state index in [0.29, 0.717) is 0 Å². The van der Waals surface area contributed by atoms with Crippen LogP contribution in [0.25, 0.3) is 0 Å². The summed E-state index contributed by atoms with van der Waals surface area (Å²) < 4.78 is 0. The lowest BCUT2D eigenvalue weighted by molar-refractivity contribution is -0.887. The predicted octanol–water partition coefficient (Wildman–Crippen LogP) is -2.34. The van der Waals surface area contributed by atoms with Crippen LogP contribution in [0.4, 0.5) is 0 Å². The van der Waals surface area contributed by atoms with Crippen LogP contribution in [0.3, 0.4) is 0 Å². The summed E-state index contributed by atoms with van der Waals surface area (Å²) in [5.74, 6) is -1.08. The molecule has 0 spiro atoms. The first-order valence-corrected chi connectivity index (χ1v) is 3.72. The van der Waals surface area contributed by atoms with Gasteiger partial charge in [-0.3, -0.25) is 0 Å². The minimum atomic E-state index is -0.876. The van der Waals surface area contributed by atoms with Crippen LogP contribution in [0, 0.1) is 5.92 Å². The monoisotopic (exact) mass is 143 g/mol. The molecule has 0 aliphatic carbocycles. The van der Waals surface area contributed by atoms with E-state index in [4.69, 9.17) is 0 Å². The highest BCUT2D eigenvalue weighted by Gasteiger charge is 2.20. The summed E-state index contributed by atoms with van der Waals surface area (Å²) >= 11 is 0. The van der Waals surface area contributed by atoms with Crippen LogP contribution in [-0.2, 0) is 4.79 Å². The zero-order chi connectivity index (χ0) is 7.56. The lowest BCUT2D eigenvalue weighted by Gasteiger charge is -2.27. The van der Waals surface area contributed by atoms with Crippen molar-refractivity contribution >= 4 is 5.97 Å². The van der Waals surface area contributed by atoms with Crippen LogP contribution in [0.5, 0.6) is 0 Å². The highest BCUT2D eigenvalue weighted by Crippen LogP contribution is 2.04. The second-order valence-electron chi connectivity index (χ2n) is 3.07. The molecule has 0 bridgehead atoms. The first kappa shape index (κ1) is 7.54. The van der Waals surface area contributed by atoms with Crippen molar-refractivity contribution in [1.29, 1.82) is 0 Å². The average Bonchev–Trinajstić information content (AvgIpc) is 1.88. The van der Waals surface area contributed by atoms with Crippen molar-refractivity contribution in [3.63, 3.8) is 0 Å². The van der Waals surface area contributed by atoms with E-state index >= 15 is 0 Å². The van der Waals surface area contributed by atoms with E-state index in [1.807, 2.05) is 7.05 Å². The molecule has 0 radical (unpaired) electrons. The zero-order valence-corrected chi connectivity index (χ0v) is 6.22. The molecule has 1 fully saturated rings. The van der Waals surface area contributed by atoms with E-state index < -0.39 is 5.97 Å². The summed E-state index contributed by atoms with van der Waals surface area (Å²) in [6, 6.07) is 0. The van der Waals surface area contributed by atoms with Gasteiger partial charge in [0.25, 0.3) is 0 Å².